The fraction of sp³-hybridized carbons (Fsp3) is 0.647. The Morgan fingerprint density at radius 3 is 2.47 bits per heavy atom. The normalized spacial score (nSPS) is 18.4. The zero-order valence-corrected chi connectivity index (χ0v) is 12.2. The number of aryl methyl sites for hydroxylation is 2. The van der Waals surface area contributed by atoms with Crippen LogP contribution in [0.4, 0.5) is 0 Å². The van der Waals surface area contributed by atoms with Crippen molar-refractivity contribution in [2.45, 2.75) is 64.3 Å². The minimum Gasteiger partial charge on any atom is -0.271 e. The van der Waals surface area contributed by atoms with Crippen LogP contribution in [0.15, 0.2) is 24.3 Å². The molecule has 2 heteroatoms. The van der Waals surface area contributed by atoms with Crippen molar-refractivity contribution >= 4 is 0 Å². The van der Waals surface area contributed by atoms with Gasteiger partial charge < -0.3 is 0 Å². The van der Waals surface area contributed by atoms with Crippen LogP contribution < -0.4 is 11.3 Å². The maximum absolute atomic E-state index is 5.73. The van der Waals surface area contributed by atoms with Gasteiger partial charge in [-0.05, 0) is 37.7 Å². The summed E-state index contributed by atoms with van der Waals surface area (Å²) in [7, 11) is 0. The fourth-order valence-electron chi connectivity index (χ4n) is 3.19. The van der Waals surface area contributed by atoms with E-state index in [0.717, 1.165) is 18.8 Å². The van der Waals surface area contributed by atoms with Crippen LogP contribution >= 0.6 is 0 Å². The summed E-state index contributed by atoms with van der Waals surface area (Å²) in [5.41, 5.74) is 5.79. The summed E-state index contributed by atoms with van der Waals surface area (Å²) < 4.78 is 0. The Labute approximate surface area is 117 Å². The van der Waals surface area contributed by atoms with Crippen molar-refractivity contribution in [1.82, 2.24) is 5.43 Å². The minimum absolute atomic E-state index is 0.476. The number of nitrogens with one attached hydrogen (secondary N) is 1. The van der Waals surface area contributed by atoms with Crippen molar-refractivity contribution in [1.29, 1.82) is 0 Å². The van der Waals surface area contributed by atoms with Gasteiger partial charge in [-0.1, -0.05) is 61.9 Å². The Hall–Kier alpha value is -0.860. The second kappa shape index (κ2) is 7.66. The molecule has 0 saturated heterocycles. The molecule has 0 bridgehead atoms. The molecule has 1 unspecified atom stereocenters. The standard InChI is InChI=1S/C17H28N2/c1-14-7-9-15(10-8-14)11-12-17(19-18)13-16-5-3-2-4-6-16/h7-10,16-17,19H,2-6,11-13,18H2,1H3. The van der Waals surface area contributed by atoms with E-state index in [1.807, 2.05) is 0 Å². The second-order valence-electron chi connectivity index (χ2n) is 6.13. The van der Waals surface area contributed by atoms with Gasteiger partial charge in [0.2, 0.25) is 0 Å². The van der Waals surface area contributed by atoms with E-state index in [1.54, 1.807) is 0 Å². The molecule has 106 valence electrons. The monoisotopic (exact) mass is 260 g/mol. The summed E-state index contributed by atoms with van der Waals surface area (Å²) in [6.45, 7) is 2.14. The van der Waals surface area contributed by atoms with Crippen molar-refractivity contribution in [2.75, 3.05) is 0 Å². The lowest BCUT2D eigenvalue weighted by Crippen LogP contribution is -2.37. The van der Waals surface area contributed by atoms with Crippen molar-refractivity contribution in [3.8, 4) is 0 Å². The summed E-state index contributed by atoms with van der Waals surface area (Å²) in [5, 5.41) is 0. The molecule has 2 rings (SSSR count). The molecule has 0 spiro atoms. The highest BCUT2D eigenvalue weighted by molar-refractivity contribution is 5.21. The molecular formula is C17H28N2. The summed E-state index contributed by atoms with van der Waals surface area (Å²) in [4.78, 5) is 0. The van der Waals surface area contributed by atoms with Crippen LogP contribution in [0.2, 0.25) is 0 Å². The van der Waals surface area contributed by atoms with Gasteiger partial charge in [-0.2, -0.15) is 0 Å². The fourth-order valence-corrected chi connectivity index (χ4v) is 3.19. The molecule has 1 aliphatic carbocycles. The summed E-state index contributed by atoms with van der Waals surface area (Å²) in [5.74, 6) is 6.62. The summed E-state index contributed by atoms with van der Waals surface area (Å²) >= 11 is 0. The van der Waals surface area contributed by atoms with Gasteiger partial charge in [0.05, 0.1) is 0 Å². The zero-order chi connectivity index (χ0) is 13.5. The lowest BCUT2D eigenvalue weighted by Gasteiger charge is -2.26. The lowest BCUT2D eigenvalue weighted by molar-refractivity contribution is 0.292. The van der Waals surface area contributed by atoms with E-state index in [9.17, 15) is 0 Å². The topological polar surface area (TPSA) is 38.0 Å². The average molecular weight is 260 g/mol. The quantitative estimate of drug-likeness (QED) is 0.604. The van der Waals surface area contributed by atoms with E-state index in [0.29, 0.717) is 6.04 Å². The predicted octanol–water partition coefficient (Wildman–Crippen LogP) is 3.73. The van der Waals surface area contributed by atoms with E-state index < -0.39 is 0 Å². The van der Waals surface area contributed by atoms with Crippen LogP contribution in [0.5, 0.6) is 0 Å². The highest BCUT2D eigenvalue weighted by Gasteiger charge is 2.18. The number of hydrazine groups is 1. The van der Waals surface area contributed by atoms with Gasteiger partial charge in [0.15, 0.2) is 0 Å². The van der Waals surface area contributed by atoms with E-state index in [2.05, 4.69) is 36.6 Å². The van der Waals surface area contributed by atoms with E-state index in [-0.39, 0.29) is 0 Å². The largest absolute Gasteiger partial charge is 0.271 e. The van der Waals surface area contributed by atoms with E-state index in [1.165, 1.54) is 49.7 Å². The molecular weight excluding hydrogens is 232 g/mol. The van der Waals surface area contributed by atoms with Crippen LogP contribution in [0.1, 0.15) is 56.1 Å². The summed E-state index contributed by atoms with van der Waals surface area (Å²) in [6, 6.07) is 9.35. The van der Waals surface area contributed by atoms with E-state index in [4.69, 9.17) is 5.84 Å². The zero-order valence-electron chi connectivity index (χ0n) is 12.2. The Morgan fingerprint density at radius 1 is 1.16 bits per heavy atom. The molecule has 1 aliphatic rings. The molecule has 1 atom stereocenters. The SMILES string of the molecule is Cc1ccc(CCC(CC2CCCCC2)NN)cc1. The van der Waals surface area contributed by atoms with Crippen LogP contribution in [-0.4, -0.2) is 6.04 Å². The van der Waals surface area contributed by atoms with Gasteiger partial charge in [-0.25, -0.2) is 0 Å². The molecule has 0 aliphatic heterocycles. The molecule has 1 aromatic carbocycles. The summed E-state index contributed by atoms with van der Waals surface area (Å²) in [6.07, 6.45) is 10.6. The third-order valence-electron chi connectivity index (χ3n) is 4.48. The Morgan fingerprint density at radius 2 is 1.84 bits per heavy atom. The van der Waals surface area contributed by atoms with Gasteiger partial charge in [0.1, 0.15) is 0 Å². The van der Waals surface area contributed by atoms with Crippen LogP contribution in [0, 0.1) is 12.8 Å². The van der Waals surface area contributed by atoms with Gasteiger partial charge in [0.25, 0.3) is 0 Å². The number of benzene rings is 1. The second-order valence-corrected chi connectivity index (χ2v) is 6.13. The van der Waals surface area contributed by atoms with Crippen molar-refractivity contribution in [2.24, 2.45) is 11.8 Å². The molecule has 19 heavy (non-hydrogen) atoms. The number of rotatable bonds is 6. The van der Waals surface area contributed by atoms with Crippen molar-refractivity contribution < 1.29 is 0 Å². The third-order valence-corrected chi connectivity index (χ3v) is 4.48. The van der Waals surface area contributed by atoms with Crippen molar-refractivity contribution in [3.63, 3.8) is 0 Å². The molecule has 3 N–H and O–H groups in total. The Bertz CT molecular complexity index is 352. The average Bonchev–Trinajstić information content (AvgIpc) is 2.46. The first kappa shape index (κ1) is 14.5. The molecule has 0 aromatic heterocycles. The number of hydrogen-bond acceptors (Lipinski definition) is 2. The van der Waals surface area contributed by atoms with Gasteiger partial charge in [-0.3, -0.25) is 11.3 Å². The lowest BCUT2D eigenvalue weighted by atomic mass is 9.84. The van der Waals surface area contributed by atoms with Crippen LogP contribution in [0.25, 0.3) is 0 Å². The molecule has 0 radical (unpaired) electrons. The van der Waals surface area contributed by atoms with Crippen molar-refractivity contribution in [3.05, 3.63) is 35.4 Å². The maximum Gasteiger partial charge on any atom is 0.0216 e. The maximum atomic E-state index is 5.73. The molecule has 2 nitrogen and oxygen atoms in total. The van der Waals surface area contributed by atoms with Crippen LogP contribution in [-0.2, 0) is 6.42 Å². The van der Waals surface area contributed by atoms with Crippen LogP contribution in [0.3, 0.4) is 0 Å². The smallest absolute Gasteiger partial charge is 0.0216 e. The van der Waals surface area contributed by atoms with Gasteiger partial charge in [0, 0.05) is 6.04 Å². The molecule has 1 saturated carbocycles. The molecule has 1 fully saturated rings. The van der Waals surface area contributed by atoms with Gasteiger partial charge in [-0.15, -0.1) is 0 Å². The number of nitrogens with two attached hydrogens (primary N) is 1. The molecule has 1 aromatic rings. The molecule has 0 heterocycles. The number of hydrogen-bond donors (Lipinski definition) is 2. The third kappa shape index (κ3) is 4.96. The predicted molar refractivity (Wildman–Crippen MR) is 81.8 cm³/mol. The Balaban J connectivity index is 1.76. The highest BCUT2D eigenvalue weighted by atomic mass is 15.2. The first-order chi connectivity index (χ1) is 9.28. The molecule has 0 amide bonds. The highest BCUT2D eigenvalue weighted by Crippen LogP contribution is 2.28. The minimum atomic E-state index is 0.476. The van der Waals surface area contributed by atoms with Gasteiger partial charge >= 0.3 is 0 Å². The Kier molecular flexibility index (Phi) is 5.87. The van der Waals surface area contributed by atoms with E-state index >= 15 is 0 Å². The first-order valence-corrected chi connectivity index (χ1v) is 7.79. The first-order valence-electron chi connectivity index (χ1n) is 7.79.